The van der Waals surface area contributed by atoms with E-state index in [2.05, 4.69) is 10.6 Å². The van der Waals surface area contributed by atoms with Gasteiger partial charge in [0.25, 0.3) is 0 Å². The van der Waals surface area contributed by atoms with Gasteiger partial charge in [-0.15, -0.1) is 0 Å². The zero-order chi connectivity index (χ0) is 17.8. The van der Waals surface area contributed by atoms with Crippen molar-refractivity contribution in [3.63, 3.8) is 0 Å². The van der Waals surface area contributed by atoms with Crippen molar-refractivity contribution in [2.24, 2.45) is 0 Å². The number of aliphatic hydroxyl groups excluding tert-OH is 1. The lowest BCUT2D eigenvalue weighted by molar-refractivity contribution is 0.141. The van der Waals surface area contributed by atoms with Crippen molar-refractivity contribution in [2.45, 2.75) is 31.6 Å². The number of benzene rings is 2. The summed E-state index contributed by atoms with van der Waals surface area (Å²) in [5, 5.41) is 15.7. The topological polar surface area (TPSA) is 70.6 Å². The number of nitrogens with one attached hydrogen (secondary N) is 2. The molecule has 0 aromatic heterocycles. The summed E-state index contributed by atoms with van der Waals surface area (Å²) in [7, 11) is 0. The van der Waals surface area contributed by atoms with Crippen LogP contribution >= 0.6 is 0 Å². The van der Waals surface area contributed by atoms with Gasteiger partial charge < -0.3 is 20.5 Å². The first-order valence-corrected chi connectivity index (χ1v) is 8.25. The molecule has 0 fully saturated rings. The van der Waals surface area contributed by atoms with Crippen LogP contribution in [-0.2, 0) is 6.42 Å². The van der Waals surface area contributed by atoms with Crippen molar-refractivity contribution in [1.29, 1.82) is 0 Å². The number of fused-ring (bicyclic) bond motifs is 1. The molecule has 3 unspecified atom stereocenters. The maximum atomic E-state index is 12.9. The van der Waals surface area contributed by atoms with Crippen molar-refractivity contribution < 1.29 is 19.0 Å². The highest BCUT2D eigenvalue weighted by Crippen LogP contribution is 2.31. The van der Waals surface area contributed by atoms with Gasteiger partial charge in [-0.25, -0.2) is 9.18 Å². The lowest BCUT2D eigenvalue weighted by Crippen LogP contribution is -2.43. The maximum Gasteiger partial charge on any atom is 0.315 e. The summed E-state index contributed by atoms with van der Waals surface area (Å²) in [5.41, 5.74) is 1.99. The first-order valence-electron chi connectivity index (χ1n) is 8.25. The Morgan fingerprint density at radius 1 is 1.28 bits per heavy atom. The number of carbonyl (C=O) groups excluding carboxylic acids is 1. The molecular weight excluding hydrogens is 323 g/mol. The van der Waals surface area contributed by atoms with Crippen molar-refractivity contribution >= 4 is 6.03 Å². The highest BCUT2D eigenvalue weighted by molar-refractivity contribution is 5.74. The predicted molar refractivity (Wildman–Crippen MR) is 91.9 cm³/mol. The number of halogens is 1. The molecule has 3 atom stereocenters. The number of carbonyl (C=O) groups is 1. The molecule has 3 N–H and O–H groups in total. The molecule has 3 rings (SSSR count). The Hall–Kier alpha value is -2.60. The van der Waals surface area contributed by atoms with E-state index in [0.29, 0.717) is 12.2 Å². The minimum atomic E-state index is -0.629. The van der Waals surface area contributed by atoms with E-state index in [1.54, 1.807) is 0 Å². The number of rotatable bonds is 5. The van der Waals surface area contributed by atoms with Gasteiger partial charge in [0.1, 0.15) is 17.7 Å². The van der Waals surface area contributed by atoms with Gasteiger partial charge in [0.2, 0.25) is 0 Å². The number of hydrogen-bond acceptors (Lipinski definition) is 3. The Morgan fingerprint density at radius 2 is 2.00 bits per heavy atom. The fourth-order valence-electron chi connectivity index (χ4n) is 2.96. The summed E-state index contributed by atoms with van der Waals surface area (Å²) < 4.78 is 18.5. The van der Waals surface area contributed by atoms with Gasteiger partial charge in [0.15, 0.2) is 0 Å². The zero-order valence-corrected chi connectivity index (χ0v) is 13.9. The van der Waals surface area contributed by atoms with Crippen molar-refractivity contribution in [2.75, 3.05) is 6.54 Å². The molecule has 2 amide bonds. The van der Waals surface area contributed by atoms with E-state index in [1.807, 2.05) is 31.2 Å². The summed E-state index contributed by atoms with van der Waals surface area (Å²) in [4.78, 5) is 12.1. The highest BCUT2D eigenvalue weighted by Gasteiger charge is 2.31. The molecule has 5 nitrogen and oxygen atoms in total. The predicted octanol–water partition coefficient (Wildman–Crippen LogP) is 2.55. The van der Waals surface area contributed by atoms with Gasteiger partial charge in [-0.2, -0.15) is 0 Å². The maximum absolute atomic E-state index is 12.9. The molecule has 0 spiro atoms. The monoisotopic (exact) mass is 344 g/mol. The molecule has 0 saturated heterocycles. The third-order valence-corrected chi connectivity index (χ3v) is 4.19. The minimum Gasteiger partial charge on any atom is -0.489 e. The Kier molecular flexibility index (Phi) is 5.19. The summed E-state index contributed by atoms with van der Waals surface area (Å²) >= 11 is 0. The average molecular weight is 344 g/mol. The van der Waals surface area contributed by atoms with Crippen LogP contribution < -0.4 is 15.4 Å². The minimum absolute atomic E-state index is 0.281. The van der Waals surface area contributed by atoms with Crippen LogP contribution in [0, 0.1) is 5.82 Å². The second-order valence-electron chi connectivity index (χ2n) is 6.18. The van der Waals surface area contributed by atoms with Crippen LogP contribution in [0.4, 0.5) is 9.18 Å². The quantitative estimate of drug-likeness (QED) is 0.781. The first-order chi connectivity index (χ1) is 12.0. The zero-order valence-electron chi connectivity index (χ0n) is 13.9. The molecule has 0 saturated carbocycles. The molecule has 25 heavy (non-hydrogen) atoms. The Morgan fingerprint density at radius 3 is 2.76 bits per heavy atom. The van der Waals surface area contributed by atoms with Crippen molar-refractivity contribution in [1.82, 2.24) is 10.6 Å². The van der Waals surface area contributed by atoms with Crippen molar-refractivity contribution in [3.8, 4) is 5.75 Å². The second kappa shape index (κ2) is 7.53. The lowest BCUT2D eigenvalue weighted by Gasteiger charge is -2.20. The molecule has 1 aliphatic rings. The summed E-state index contributed by atoms with van der Waals surface area (Å²) in [6.45, 7) is 2.09. The van der Waals surface area contributed by atoms with Crippen molar-refractivity contribution in [3.05, 3.63) is 65.5 Å². The van der Waals surface area contributed by atoms with Gasteiger partial charge in [-0.3, -0.25) is 0 Å². The van der Waals surface area contributed by atoms with Gasteiger partial charge in [0, 0.05) is 6.42 Å². The Bertz CT molecular complexity index is 736. The van der Waals surface area contributed by atoms with Crippen LogP contribution in [-0.4, -0.2) is 29.9 Å². The van der Waals surface area contributed by atoms with E-state index in [4.69, 9.17) is 4.74 Å². The summed E-state index contributed by atoms with van der Waals surface area (Å²) in [5.74, 6) is 0.212. The molecular formula is C19H21FN2O3. The van der Waals surface area contributed by atoms with Crippen LogP contribution in [0.15, 0.2) is 48.5 Å². The number of amides is 2. The van der Waals surface area contributed by atoms with E-state index in [0.717, 1.165) is 11.1 Å². The fourth-order valence-corrected chi connectivity index (χ4v) is 2.96. The van der Waals surface area contributed by atoms with Crippen LogP contribution in [0.1, 0.15) is 24.1 Å². The van der Waals surface area contributed by atoms with Gasteiger partial charge >= 0.3 is 6.03 Å². The van der Waals surface area contributed by atoms with E-state index < -0.39 is 12.1 Å². The SMILES string of the molecule is CC(CNC(=O)NC1c2ccccc2CC1O)Oc1ccc(F)cc1. The summed E-state index contributed by atoms with van der Waals surface area (Å²) in [6.07, 6.45) is -0.376. The number of aliphatic hydroxyl groups is 1. The molecule has 1 aliphatic carbocycles. The molecule has 0 heterocycles. The van der Waals surface area contributed by atoms with Gasteiger partial charge in [-0.05, 0) is 42.3 Å². The van der Waals surface area contributed by atoms with E-state index >= 15 is 0 Å². The molecule has 0 aliphatic heterocycles. The van der Waals surface area contributed by atoms with Crippen LogP contribution in [0.3, 0.4) is 0 Å². The molecule has 0 bridgehead atoms. The number of urea groups is 1. The molecule has 2 aromatic carbocycles. The molecule has 132 valence electrons. The lowest BCUT2D eigenvalue weighted by atomic mass is 10.1. The number of hydrogen-bond donors (Lipinski definition) is 3. The smallest absolute Gasteiger partial charge is 0.315 e. The van der Waals surface area contributed by atoms with Crippen LogP contribution in [0.2, 0.25) is 0 Å². The van der Waals surface area contributed by atoms with Crippen LogP contribution in [0.5, 0.6) is 5.75 Å². The first kappa shape index (κ1) is 17.2. The fraction of sp³-hybridized carbons (Fsp3) is 0.316. The summed E-state index contributed by atoms with van der Waals surface area (Å²) in [6, 6.07) is 12.6. The second-order valence-corrected chi connectivity index (χ2v) is 6.18. The van der Waals surface area contributed by atoms with E-state index in [-0.39, 0.29) is 24.5 Å². The Labute approximate surface area is 145 Å². The third-order valence-electron chi connectivity index (χ3n) is 4.19. The van der Waals surface area contributed by atoms with E-state index in [9.17, 15) is 14.3 Å². The third kappa shape index (κ3) is 4.28. The van der Waals surface area contributed by atoms with Gasteiger partial charge in [-0.1, -0.05) is 24.3 Å². The highest BCUT2D eigenvalue weighted by atomic mass is 19.1. The van der Waals surface area contributed by atoms with E-state index in [1.165, 1.54) is 24.3 Å². The molecule has 6 heteroatoms. The normalized spacial score (nSPS) is 19.8. The van der Waals surface area contributed by atoms with Gasteiger partial charge in [0.05, 0.1) is 18.7 Å². The molecule has 2 aromatic rings. The number of ether oxygens (including phenoxy) is 1. The van der Waals surface area contributed by atoms with Crippen LogP contribution in [0.25, 0.3) is 0 Å². The average Bonchev–Trinajstić information content (AvgIpc) is 2.91. The molecule has 0 radical (unpaired) electrons. The Balaban J connectivity index is 1.49. The standard InChI is InChI=1S/C19H21FN2O3/c1-12(25-15-8-6-14(20)7-9-15)11-21-19(24)22-18-16-5-3-2-4-13(16)10-17(18)23/h2-9,12,17-18,23H,10-11H2,1H3,(H2,21,22,24). The largest absolute Gasteiger partial charge is 0.489 e.